The third-order valence-electron chi connectivity index (χ3n) is 8.72. The SMILES string of the molecule is COc1ccc(C(OC[C@H]2O[C@@H](n3ccc(NC(=O)c4ccccc4)nc3=O)[C@H](OCN=[N+]=[N-])[C@@H]2O)(c2ccccc2)c2ccc(OC)cc2)cc1. The van der Waals surface area contributed by atoms with Gasteiger partial charge in [0.25, 0.3) is 5.91 Å². The Labute approximate surface area is 298 Å². The number of anilines is 1. The maximum absolute atomic E-state index is 13.4. The minimum absolute atomic E-state index is 0.0201. The number of benzene rings is 4. The molecular weight excluding hydrogens is 668 g/mol. The lowest BCUT2D eigenvalue weighted by molar-refractivity contribution is -0.0979. The maximum atomic E-state index is 13.4. The Hall–Kier alpha value is -6.02. The quantitative estimate of drug-likeness (QED) is 0.0660. The monoisotopic (exact) mass is 704 g/mol. The second-order valence-corrected chi connectivity index (χ2v) is 11.7. The molecule has 0 unspecified atom stereocenters. The molecule has 266 valence electrons. The van der Waals surface area contributed by atoms with E-state index in [1.165, 1.54) is 12.3 Å². The van der Waals surface area contributed by atoms with E-state index in [2.05, 4.69) is 20.3 Å². The fourth-order valence-electron chi connectivity index (χ4n) is 6.14. The third-order valence-corrected chi connectivity index (χ3v) is 8.72. The zero-order valence-corrected chi connectivity index (χ0v) is 28.3. The molecule has 4 atom stereocenters. The summed E-state index contributed by atoms with van der Waals surface area (Å²) < 4.78 is 31.0. The van der Waals surface area contributed by atoms with E-state index in [9.17, 15) is 14.7 Å². The van der Waals surface area contributed by atoms with Gasteiger partial charge in [-0.05, 0) is 64.7 Å². The van der Waals surface area contributed by atoms with Crippen LogP contribution >= 0.6 is 0 Å². The Morgan fingerprint density at radius 3 is 2.04 bits per heavy atom. The van der Waals surface area contributed by atoms with Crippen LogP contribution in [-0.2, 0) is 19.8 Å². The summed E-state index contributed by atoms with van der Waals surface area (Å²) in [6.07, 6.45) is -3.38. The number of hydrogen-bond acceptors (Lipinski definition) is 10. The molecule has 1 fully saturated rings. The molecule has 0 spiro atoms. The molecular formula is C38H36N6O8. The highest BCUT2D eigenvalue weighted by Crippen LogP contribution is 2.43. The molecule has 1 aliphatic rings. The number of nitrogens with zero attached hydrogens (tertiary/aromatic N) is 5. The van der Waals surface area contributed by atoms with E-state index in [0.717, 1.165) is 21.3 Å². The van der Waals surface area contributed by atoms with E-state index in [-0.39, 0.29) is 12.4 Å². The number of nitrogens with one attached hydrogen (secondary N) is 1. The molecule has 0 aliphatic carbocycles. The van der Waals surface area contributed by atoms with Crippen LogP contribution in [0.15, 0.2) is 131 Å². The first-order chi connectivity index (χ1) is 25.4. The Balaban J connectivity index is 1.34. The van der Waals surface area contributed by atoms with Gasteiger partial charge in [-0.2, -0.15) is 4.98 Å². The van der Waals surface area contributed by atoms with E-state index in [0.29, 0.717) is 17.1 Å². The molecule has 4 aromatic carbocycles. The fraction of sp³-hybridized carbons (Fsp3) is 0.237. The number of azide groups is 1. The summed E-state index contributed by atoms with van der Waals surface area (Å²) in [5.41, 5.74) is 9.59. The average Bonchev–Trinajstić information content (AvgIpc) is 3.50. The van der Waals surface area contributed by atoms with Gasteiger partial charge in [0.1, 0.15) is 48.0 Å². The molecule has 0 radical (unpaired) electrons. The first-order valence-corrected chi connectivity index (χ1v) is 16.3. The second-order valence-electron chi connectivity index (χ2n) is 11.7. The van der Waals surface area contributed by atoms with Crippen molar-refractivity contribution in [2.24, 2.45) is 5.11 Å². The highest BCUT2D eigenvalue weighted by molar-refractivity contribution is 6.03. The van der Waals surface area contributed by atoms with Crippen molar-refractivity contribution in [3.8, 4) is 11.5 Å². The van der Waals surface area contributed by atoms with Gasteiger partial charge in [0.05, 0.1) is 20.8 Å². The van der Waals surface area contributed by atoms with Crippen LogP contribution in [0.3, 0.4) is 0 Å². The van der Waals surface area contributed by atoms with Crippen molar-refractivity contribution in [2.45, 2.75) is 30.1 Å². The molecule has 1 amide bonds. The van der Waals surface area contributed by atoms with Gasteiger partial charge in [0.15, 0.2) is 6.23 Å². The molecule has 0 saturated carbocycles. The maximum Gasteiger partial charge on any atom is 0.351 e. The van der Waals surface area contributed by atoms with Gasteiger partial charge in [-0.15, -0.1) is 0 Å². The zero-order chi connectivity index (χ0) is 36.5. The van der Waals surface area contributed by atoms with Crippen molar-refractivity contribution in [1.29, 1.82) is 0 Å². The summed E-state index contributed by atoms with van der Waals surface area (Å²) >= 11 is 0. The van der Waals surface area contributed by atoms with Gasteiger partial charge in [-0.1, -0.05) is 77.9 Å². The normalized spacial score (nSPS) is 18.3. The second kappa shape index (κ2) is 16.3. The van der Waals surface area contributed by atoms with Crippen molar-refractivity contribution in [3.05, 3.63) is 165 Å². The average molecular weight is 705 g/mol. The lowest BCUT2D eigenvalue weighted by atomic mass is 9.80. The van der Waals surface area contributed by atoms with E-state index in [1.54, 1.807) is 44.6 Å². The summed E-state index contributed by atoms with van der Waals surface area (Å²) in [6.45, 7) is -0.621. The minimum Gasteiger partial charge on any atom is -0.497 e. The Morgan fingerprint density at radius 1 is 0.904 bits per heavy atom. The molecule has 5 aromatic rings. The Morgan fingerprint density at radius 2 is 1.48 bits per heavy atom. The van der Waals surface area contributed by atoms with Gasteiger partial charge in [0, 0.05) is 16.7 Å². The van der Waals surface area contributed by atoms with Crippen molar-refractivity contribution in [1.82, 2.24) is 9.55 Å². The summed E-state index contributed by atoms with van der Waals surface area (Å²) in [5, 5.41) is 17.7. The number of methoxy groups -OCH3 is 2. The number of aliphatic hydroxyl groups excluding tert-OH is 1. The highest BCUT2D eigenvalue weighted by atomic mass is 16.6. The van der Waals surface area contributed by atoms with Crippen LogP contribution < -0.4 is 20.5 Å². The first-order valence-electron chi connectivity index (χ1n) is 16.3. The van der Waals surface area contributed by atoms with E-state index < -0.39 is 48.5 Å². The molecule has 1 aromatic heterocycles. The van der Waals surface area contributed by atoms with Crippen molar-refractivity contribution < 1.29 is 33.6 Å². The van der Waals surface area contributed by atoms with Crippen molar-refractivity contribution in [3.63, 3.8) is 0 Å². The van der Waals surface area contributed by atoms with E-state index >= 15 is 0 Å². The molecule has 1 aliphatic heterocycles. The van der Waals surface area contributed by atoms with Gasteiger partial charge in [-0.3, -0.25) is 9.36 Å². The largest absolute Gasteiger partial charge is 0.497 e. The topological polar surface area (TPSA) is 179 Å². The van der Waals surface area contributed by atoms with Crippen LogP contribution in [0.2, 0.25) is 0 Å². The fourth-order valence-corrected chi connectivity index (χ4v) is 6.14. The molecule has 2 heterocycles. The van der Waals surface area contributed by atoms with Crippen LogP contribution in [0.25, 0.3) is 10.4 Å². The highest BCUT2D eigenvalue weighted by Gasteiger charge is 2.48. The zero-order valence-electron chi connectivity index (χ0n) is 28.3. The van der Waals surface area contributed by atoms with Gasteiger partial charge >= 0.3 is 5.69 Å². The lowest BCUT2D eigenvalue weighted by Gasteiger charge is -2.37. The lowest BCUT2D eigenvalue weighted by Crippen LogP contribution is -2.40. The number of aliphatic hydroxyl groups is 1. The van der Waals surface area contributed by atoms with Crippen LogP contribution in [0.1, 0.15) is 33.3 Å². The summed E-state index contributed by atoms with van der Waals surface area (Å²) in [7, 11) is 3.18. The summed E-state index contributed by atoms with van der Waals surface area (Å²) in [4.78, 5) is 32.8. The van der Waals surface area contributed by atoms with Crippen LogP contribution in [0.5, 0.6) is 11.5 Å². The molecule has 1 saturated heterocycles. The number of aromatic nitrogens is 2. The number of hydrogen-bond donors (Lipinski definition) is 2. The predicted octanol–water partition coefficient (Wildman–Crippen LogP) is 5.43. The first kappa shape index (κ1) is 35.8. The number of rotatable bonds is 14. The molecule has 6 rings (SSSR count). The third kappa shape index (κ3) is 7.51. The molecule has 0 bridgehead atoms. The minimum atomic E-state index is -1.34. The number of carbonyl (C=O) groups is 1. The summed E-state index contributed by atoms with van der Waals surface area (Å²) in [6, 6.07) is 34.5. The van der Waals surface area contributed by atoms with Crippen molar-refractivity contribution >= 4 is 11.7 Å². The number of amides is 1. The molecule has 52 heavy (non-hydrogen) atoms. The number of carbonyl (C=O) groups excluding carboxylic acids is 1. The van der Waals surface area contributed by atoms with Gasteiger partial charge < -0.3 is 34.1 Å². The van der Waals surface area contributed by atoms with Crippen LogP contribution in [-0.4, -0.2) is 66.4 Å². The van der Waals surface area contributed by atoms with Crippen LogP contribution in [0, 0.1) is 0 Å². The Bertz CT molecular complexity index is 2010. The predicted molar refractivity (Wildman–Crippen MR) is 190 cm³/mol. The number of ether oxygens (including phenoxy) is 5. The van der Waals surface area contributed by atoms with Crippen molar-refractivity contribution in [2.75, 3.05) is 32.9 Å². The van der Waals surface area contributed by atoms with Gasteiger partial charge in [0.2, 0.25) is 0 Å². The molecule has 2 N–H and O–H groups in total. The summed E-state index contributed by atoms with van der Waals surface area (Å²) in [5.74, 6) is 0.887. The standard InChI is InChI=1S/C38H36N6O8/c1-48-29-17-13-27(14-18-29)38(26-11-7-4-8-12-26,28-15-19-30(49-2)20-16-28)51-23-31-33(45)34(50-24-40-43-39)36(52-31)44-22-21-32(42-37(44)47)41-35(46)25-9-5-3-6-10-25/h3-22,31,33-34,36,45H,23-24H2,1-2H3,(H,41,42,46,47)/t31-,33-,34-,36-/m1/s1. The molecule has 14 heteroatoms. The van der Waals surface area contributed by atoms with E-state index in [1.807, 2.05) is 78.9 Å². The Kier molecular flexibility index (Phi) is 11.2. The smallest absolute Gasteiger partial charge is 0.351 e. The van der Waals surface area contributed by atoms with Crippen LogP contribution in [0.4, 0.5) is 5.82 Å². The molecule has 14 nitrogen and oxygen atoms in total. The van der Waals surface area contributed by atoms with Gasteiger partial charge in [-0.25, -0.2) is 4.79 Å². The van der Waals surface area contributed by atoms with E-state index in [4.69, 9.17) is 29.2 Å².